The van der Waals surface area contributed by atoms with E-state index in [0.29, 0.717) is 16.1 Å². The Morgan fingerprint density at radius 1 is 1.12 bits per heavy atom. The lowest BCUT2D eigenvalue weighted by Gasteiger charge is -2.02. The van der Waals surface area contributed by atoms with Crippen molar-refractivity contribution < 1.29 is 9.21 Å². The van der Waals surface area contributed by atoms with Crippen LogP contribution in [0.5, 0.6) is 0 Å². The van der Waals surface area contributed by atoms with Crippen LogP contribution in [-0.2, 0) is 0 Å². The summed E-state index contributed by atoms with van der Waals surface area (Å²) in [6.07, 6.45) is 0. The fourth-order valence-corrected chi connectivity index (χ4v) is 3.60. The van der Waals surface area contributed by atoms with Crippen LogP contribution in [0.2, 0.25) is 0 Å². The maximum atomic E-state index is 12.4. The first kappa shape index (κ1) is 16.7. The van der Waals surface area contributed by atoms with E-state index in [2.05, 4.69) is 26.2 Å². The molecule has 5 nitrogen and oxygen atoms in total. The van der Waals surface area contributed by atoms with Gasteiger partial charge in [0.15, 0.2) is 16.3 Å². The van der Waals surface area contributed by atoms with E-state index >= 15 is 0 Å². The molecule has 0 aliphatic carbocycles. The number of carbonyl (C=O) groups is 1. The number of rotatable bonds is 3. The number of benzene rings is 2. The molecule has 1 amide bonds. The van der Waals surface area contributed by atoms with Gasteiger partial charge in [0, 0.05) is 21.5 Å². The van der Waals surface area contributed by atoms with Crippen molar-refractivity contribution in [2.75, 3.05) is 5.32 Å². The van der Waals surface area contributed by atoms with Crippen LogP contribution in [0.15, 0.2) is 73.7 Å². The van der Waals surface area contributed by atoms with Gasteiger partial charge >= 0.3 is 0 Å². The Kier molecular flexibility index (Phi) is 4.40. The highest BCUT2D eigenvalue weighted by molar-refractivity contribution is 9.10. The summed E-state index contributed by atoms with van der Waals surface area (Å²) in [5.41, 5.74) is 1.81. The zero-order valence-corrected chi connectivity index (χ0v) is 15.6. The number of carbonyl (C=O) groups excluding carboxylic acids is 1. The minimum absolute atomic E-state index is 0.0482. The zero-order chi connectivity index (χ0) is 18.1. The second-order valence-corrected chi connectivity index (χ2v) is 7.25. The van der Waals surface area contributed by atoms with Gasteiger partial charge < -0.3 is 4.42 Å². The van der Waals surface area contributed by atoms with Crippen LogP contribution in [0.25, 0.3) is 22.2 Å². The highest BCUT2D eigenvalue weighted by Gasteiger charge is 2.14. The zero-order valence-electron chi connectivity index (χ0n) is 13.2. The Morgan fingerprint density at radius 3 is 2.81 bits per heavy atom. The van der Waals surface area contributed by atoms with Crippen LogP contribution < -0.4 is 10.7 Å². The number of thiazole rings is 1. The maximum absolute atomic E-state index is 12.4. The SMILES string of the molecule is O=C(Nc1nc(-c2cccc(Br)c2)cs1)c1cc(=O)c2ccccc2o1. The molecule has 0 saturated heterocycles. The van der Waals surface area contributed by atoms with Crippen LogP contribution in [0, 0.1) is 0 Å². The van der Waals surface area contributed by atoms with Crippen LogP contribution in [0.1, 0.15) is 10.6 Å². The molecule has 7 heteroatoms. The lowest BCUT2D eigenvalue weighted by molar-refractivity contribution is 0.0997. The molecule has 2 aromatic carbocycles. The third kappa shape index (κ3) is 3.31. The molecular formula is C19H11BrN2O3S. The molecule has 0 fully saturated rings. The molecule has 0 saturated carbocycles. The number of aromatic nitrogens is 1. The fourth-order valence-electron chi connectivity index (χ4n) is 2.49. The predicted octanol–water partition coefficient (Wildman–Crippen LogP) is 4.93. The minimum Gasteiger partial charge on any atom is -0.451 e. The van der Waals surface area contributed by atoms with E-state index in [4.69, 9.17) is 4.42 Å². The van der Waals surface area contributed by atoms with E-state index in [-0.39, 0.29) is 11.2 Å². The van der Waals surface area contributed by atoms with Gasteiger partial charge in [0.1, 0.15) is 5.58 Å². The van der Waals surface area contributed by atoms with Crippen molar-refractivity contribution in [1.82, 2.24) is 4.98 Å². The first-order valence-corrected chi connectivity index (χ1v) is 9.33. The summed E-state index contributed by atoms with van der Waals surface area (Å²) in [5, 5.41) is 5.41. The number of halogens is 1. The molecule has 1 N–H and O–H groups in total. The summed E-state index contributed by atoms with van der Waals surface area (Å²) in [4.78, 5) is 29.0. The highest BCUT2D eigenvalue weighted by atomic mass is 79.9. The molecule has 128 valence electrons. The van der Waals surface area contributed by atoms with Gasteiger partial charge in [-0.15, -0.1) is 11.3 Å². The molecule has 2 heterocycles. The van der Waals surface area contributed by atoms with E-state index < -0.39 is 5.91 Å². The molecule has 0 unspecified atom stereocenters. The summed E-state index contributed by atoms with van der Waals surface area (Å²) in [6.45, 7) is 0. The van der Waals surface area contributed by atoms with Crippen molar-refractivity contribution in [3.05, 3.63) is 80.4 Å². The molecular weight excluding hydrogens is 416 g/mol. The molecule has 0 aliphatic heterocycles. The van der Waals surface area contributed by atoms with Gasteiger partial charge in [-0.1, -0.05) is 40.2 Å². The van der Waals surface area contributed by atoms with E-state index in [0.717, 1.165) is 15.7 Å². The summed E-state index contributed by atoms with van der Waals surface area (Å²) in [5.74, 6) is -0.559. The average molecular weight is 427 g/mol. The summed E-state index contributed by atoms with van der Waals surface area (Å²) < 4.78 is 6.49. The van der Waals surface area contributed by atoms with Crippen molar-refractivity contribution in [3.63, 3.8) is 0 Å². The first-order chi connectivity index (χ1) is 12.6. The Hall–Kier alpha value is -2.77. The molecule has 0 spiro atoms. The van der Waals surface area contributed by atoms with E-state index in [1.807, 2.05) is 29.6 Å². The van der Waals surface area contributed by atoms with Gasteiger partial charge in [-0.2, -0.15) is 0 Å². The topological polar surface area (TPSA) is 72.2 Å². The number of para-hydroxylation sites is 1. The number of nitrogens with zero attached hydrogens (tertiary/aromatic N) is 1. The van der Waals surface area contributed by atoms with Crippen molar-refractivity contribution in [1.29, 1.82) is 0 Å². The summed E-state index contributed by atoms with van der Waals surface area (Å²) in [6, 6.07) is 15.7. The fraction of sp³-hybridized carbons (Fsp3) is 0. The Balaban J connectivity index is 1.60. The largest absolute Gasteiger partial charge is 0.451 e. The van der Waals surface area contributed by atoms with Crippen molar-refractivity contribution in [2.45, 2.75) is 0 Å². The van der Waals surface area contributed by atoms with Crippen LogP contribution in [0.4, 0.5) is 5.13 Å². The number of hydrogen-bond acceptors (Lipinski definition) is 5. The quantitative estimate of drug-likeness (QED) is 0.503. The Bertz CT molecular complexity index is 1180. The standard InChI is InChI=1S/C19H11BrN2O3S/c20-12-5-3-4-11(8-12)14-10-26-19(21-14)22-18(24)17-9-15(23)13-6-1-2-7-16(13)25-17/h1-10H,(H,21,22,24). The Morgan fingerprint density at radius 2 is 1.96 bits per heavy atom. The molecule has 4 aromatic rings. The molecule has 2 aromatic heterocycles. The van der Waals surface area contributed by atoms with Gasteiger partial charge in [0.25, 0.3) is 5.91 Å². The number of nitrogens with one attached hydrogen (secondary N) is 1. The van der Waals surface area contributed by atoms with Crippen LogP contribution >= 0.6 is 27.3 Å². The lowest BCUT2D eigenvalue weighted by Crippen LogP contribution is -2.14. The second-order valence-electron chi connectivity index (χ2n) is 5.47. The summed E-state index contributed by atoms with van der Waals surface area (Å²) >= 11 is 4.73. The van der Waals surface area contributed by atoms with Crippen LogP contribution in [-0.4, -0.2) is 10.9 Å². The first-order valence-electron chi connectivity index (χ1n) is 7.66. The third-order valence-electron chi connectivity index (χ3n) is 3.70. The molecule has 0 atom stereocenters. The van der Waals surface area contributed by atoms with Crippen molar-refractivity contribution >= 4 is 49.3 Å². The predicted molar refractivity (Wildman–Crippen MR) is 106 cm³/mol. The maximum Gasteiger partial charge on any atom is 0.293 e. The van der Waals surface area contributed by atoms with Gasteiger partial charge in [0.2, 0.25) is 0 Å². The second kappa shape index (κ2) is 6.86. The van der Waals surface area contributed by atoms with Gasteiger partial charge in [0.05, 0.1) is 11.1 Å². The highest BCUT2D eigenvalue weighted by Crippen LogP contribution is 2.27. The number of fused-ring (bicyclic) bond motifs is 1. The molecule has 4 rings (SSSR count). The van der Waals surface area contributed by atoms with Crippen molar-refractivity contribution in [2.24, 2.45) is 0 Å². The third-order valence-corrected chi connectivity index (χ3v) is 4.95. The lowest BCUT2D eigenvalue weighted by atomic mass is 10.2. The van der Waals surface area contributed by atoms with Gasteiger partial charge in [-0.25, -0.2) is 4.98 Å². The smallest absolute Gasteiger partial charge is 0.293 e. The number of amides is 1. The van der Waals surface area contributed by atoms with Crippen molar-refractivity contribution in [3.8, 4) is 11.3 Å². The number of hydrogen-bond donors (Lipinski definition) is 1. The number of anilines is 1. The summed E-state index contributed by atoms with van der Waals surface area (Å²) in [7, 11) is 0. The normalized spacial score (nSPS) is 10.8. The Labute approximate surface area is 160 Å². The monoisotopic (exact) mass is 426 g/mol. The molecule has 26 heavy (non-hydrogen) atoms. The van der Waals surface area contributed by atoms with Gasteiger partial charge in [-0.05, 0) is 24.3 Å². The van der Waals surface area contributed by atoms with E-state index in [1.165, 1.54) is 17.4 Å². The van der Waals surface area contributed by atoms with Crippen LogP contribution in [0.3, 0.4) is 0 Å². The van der Waals surface area contributed by atoms with E-state index in [1.54, 1.807) is 24.3 Å². The van der Waals surface area contributed by atoms with E-state index in [9.17, 15) is 9.59 Å². The molecule has 0 radical (unpaired) electrons. The minimum atomic E-state index is -0.511. The molecule has 0 aliphatic rings. The van der Waals surface area contributed by atoms with Gasteiger partial charge in [-0.3, -0.25) is 14.9 Å². The average Bonchev–Trinajstić information content (AvgIpc) is 3.10. The molecule has 0 bridgehead atoms.